The Morgan fingerprint density at radius 1 is 0.969 bits per heavy atom. The van der Waals surface area contributed by atoms with Crippen molar-refractivity contribution in [2.24, 2.45) is 35.5 Å². The Bertz CT molecular complexity index is 1180. The normalized spacial score (nSPS) is 31.3. The number of benzene rings is 2. The summed E-state index contributed by atoms with van der Waals surface area (Å²) in [5.74, 6) is -0.00760. The fourth-order valence-electron chi connectivity index (χ4n) is 5.87. The second-order valence-electron chi connectivity index (χ2n) is 8.97. The molecule has 0 radical (unpaired) electrons. The van der Waals surface area contributed by atoms with Crippen molar-refractivity contribution in [1.29, 1.82) is 0 Å². The third-order valence-electron chi connectivity index (χ3n) is 7.37. The average Bonchev–Trinajstić information content (AvgIpc) is 3.57. The van der Waals surface area contributed by atoms with Crippen molar-refractivity contribution in [2.45, 2.75) is 6.42 Å². The summed E-state index contributed by atoms with van der Waals surface area (Å²) in [5.41, 5.74) is 1.03. The molecule has 7 rings (SSSR count). The van der Waals surface area contributed by atoms with E-state index in [2.05, 4.69) is 17.5 Å². The smallest absolute Gasteiger partial charge is 0.269 e. The fourth-order valence-corrected chi connectivity index (χ4v) is 5.87. The van der Waals surface area contributed by atoms with Crippen molar-refractivity contribution >= 4 is 34.8 Å². The van der Waals surface area contributed by atoms with Gasteiger partial charge in [-0.15, -0.1) is 0 Å². The number of nitro groups is 1. The molecule has 2 bridgehead atoms. The number of imide groups is 1. The van der Waals surface area contributed by atoms with Gasteiger partial charge in [-0.2, -0.15) is 0 Å². The Balaban J connectivity index is 1.25. The highest BCUT2D eigenvalue weighted by molar-refractivity contribution is 6.23. The summed E-state index contributed by atoms with van der Waals surface area (Å²) in [7, 11) is 0. The lowest BCUT2D eigenvalue weighted by atomic mass is 9.63. The van der Waals surface area contributed by atoms with Crippen molar-refractivity contribution in [3.8, 4) is 0 Å². The van der Waals surface area contributed by atoms with Gasteiger partial charge in [0.15, 0.2) is 0 Å². The highest BCUT2D eigenvalue weighted by Crippen LogP contribution is 2.65. The number of carbonyl (C=O) groups is 3. The Morgan fingerprint density at radius 2 is 1.59 bits per heavy atom. The molecule has 2 aromatic rings. The monoisotopic (exact) mass is 429 g/mol. The minimum atomic E-state index is -0.512. The summed E-state index contributed by atoms with van der Waals surface area (Å²) in [4.78, 5) is 50.8. The standard InChI is InChI=1S/C24H19N3O5/c28-22(25-13-4-6-14(7-5-13)27(31)32)12-2-1-3-15(10-12)26-23(29)20-16-8-9-17(19-11-18(16)19)21(20)24(26)30/h1-10,16-21H,11H2,(H,25,28). The molecule has 6 unspecified atom stereocenters. The second kappa shape index (κ2) is 6.59. The highest BCUT2D eigenvalue weighted by atomic mass is 16.6. The number of nitrogens with one attached hydrogen (secondary N) is 1. The number of allylic oxidation sites excluding steroid dienone is 2. The lowest BCUT2D eigenvalue weighted by Crippen LogP contribution is -2.40. The first-order valence-electron chi connectivity index (χ1n) is 10.7. The third-order valence-corrected chi connectivity index (χ3v) is 7.37. The molecule has 5 aliphatic rings. The van der Waals surface area contributed by atoms with Crippen LogP contribution in [-0.4, -0.2) is 22.6 Å². The molecule has 0 aromatic heterocycles. The molecule has 1 aliphatic heterocycles. The van der Waals surface area contributed by atoms with Crippen LogP contribution in [0.3, 0.4) is 0 Å². The molecule has 6 atom stereocenters. The molecule has 160 valence electrons. The van der Waals surface area contributed by atoms with Gasteiger partial charge in [0.2, 0.25) is 11.8 Å². The topological polar surface area (TPSA) is 110 Å². The van der Waals surface area contributed by atoms with Crippen molar-refractivity contribution in [1.82, 2.24) is 0 Å². The van der Waals surface area contributed by atoms with Crippen LogP contribution in [0.4, 0.5) is 17.1 Å². The van der Waals surface area contributed by atoms with Crippen LogP contribution in [0.1, 0.15) is 16.8 Å². The van der Waals surface area contributed by atoms with Gasteiger partial charge in [-0.3, -0.25) is 24.5 Å². The molecule has 4 aliphatic carbocycles. The molecule has 8 heteroatoms. The summed E-state index contributed by atoms with van der Waals surface area (Å²) in [6, 6.07) is 12.0. The number of carbonyl (C=O) groups excluding carboxylic acids is 3. The predicted octanol–water partition coefficient (Wildman–Crippen LogP) is 3.40. The number of non-ortho nitro benzene ring substituents is 1. The first-order chi connectivity index (χ1) is 15.4. The number of anilines is 2. The van der Waals surface area contributed by atoms with E-state index in [9.17, 15) is 24.5 Å². The number of nitro benzene ring substituents is 1. The zero-order chi connectivity index (χ0) is 22.1. The largest absolute Gasteiger partial charge is 0.322 e. The molecule has 0 spiro atoms. The summed E-state index contributed by atoms with van der Waals surface area (Å²) in [6.07, 6.45) is 5.36. The zero-order valence-electron chi connectivity index (χ0n) is 16.9. The van der Waals surface area contributed by atoms with Gasteiger partial charge in [-0.1, -0.05) is 18.2 Å². The van der Waals surface area contributed by atoms with E-state index in [1.807, 2.05) is 0 Å². The van der Waals surface area contributed by atoms with E-state index < -0.39 is 10.8 Å². The minimum absolute atomic E-state index is 0.0707. The van der Waals surface area contributed by atoms with Crippen LogP contribution in [0.25, 0.3) is 0 Å². The van der Waals surface area contributed by atoms with Gasteiger partial charge >= 0.3 is 0 Å². The zero-order valence-corrected chi connectivity index (χ0v) is 16.9. The number of amides is 3. The van der Waals surface area contributed by atoms with E-state index in [0.29, 0.717) is 28.8 Å². The Kier molecular flexibility index (Phi) is 3.90. The maximum Gasteiger partial charge on any atom is 0.269 e. The van der Waals surface area contributed by atoms with Crippen LogP contribution < -0.4 is 10.2 Å². The van der Waals surface area contributed by atoms with Gasteiger partial charge in [0.05, 0.1) is 22.4 Å². The van der Waals surface area contributed by atoms with Crippen LogP contribution in [0, 0.1) is 45.6 Å². The Morgan fingerprint density at radius 3 is 2.19 bits per heavy atom. The van der Waals surface area contributed by atoms with Crippen LogP contribution in [-0.2, 0) is 9.59 Å². The van der Waals surface area contributed by atoms with Gasteiger partial charge in [0.1, 0.15) is 0 Å². The molecule has 2 aromatic carbocycles. The van der Waals surface area contributed by atoms with Gasteiger partial charge in [0, 0.05) is 23.4 Å². The summed E-state index contributed by atoms with van der Waals surface area (Å²) in [5, 5.41) is 13.5. The SMILES string of the molecule is O=C(Nc1ccc([N+](=O)[O-])cc1)c1cccc(N2C(=O)C3C4C=CC(C5CC45)C3C2=O)c1. The molecular formula is C24H19N3O5. The van der Waals surface area contributed by atoms with Crippen molar-refractivity contribution < 1.29 is 19.3 Å². The van der Waals surface area contributed by atoms with E-state index >= 15 is 0 Å². The van der Waals surface area contributed by atoms with E-state index in [-0.39, 0.29) is 41.2 Å². The van der Waals surface area contributed by atoms with Gasteiger partial charge in [0.25, 0.3) is 11.6 Å². The number of nitrogens with zero attached hydrogens (tertiary/aromatic N) is 2. The van der Waals surface area contributed by atoms with Crippen molar-refractivity contribution in [3.05, 3.63) is 76.4 Å². The summed E-state index contributed by atoms with van der Waals surface area (Å²) in [6.45, 7) is 0. The lowest BCUT2D eigenvalue weighted by molar-refractivity contribution is -0.384. The van der Waals surface area contributed by atoms with Crippen molar-refractivity contribution in [2.75, 3.05) is 10.2 Å². The molecule has 32 heavy (non-hydrogen) atoms. The van der Waals surface area contributed by atoms with Gasteiger partial charge in [-0.25, -0.2) is 4.90 Å². The molecule has 3 amide bonds. The average molecular weight is 429 g/mol. The molecule has 8 nitrogen and oxygen atoms in total. The second-order valence-corrected chi connectivity index (χ2v) is 8.97. The van der Waals surface area contributed by atoms with Crippen LogP contribution >= 0.6 is 0 Å². The molecule has 2 saturated carbocycles. The summed E-state index contributed by atoms with van der Waals surface area (Å²) < 4.78 is 0. The van der Waals surface area contributed by atoms with Crippen LogP contribution in [0.2, 0.25) is 0 Å². The number of hydrogen-bond donors (Lipinski definition) is 1. The van der Waals surface area contributed by atoms with Gasteiger partial charge in [-0.05, 0) is 60.4 Å². The van der Waals surface area contributed by atoms with Crippen LogP contribution in [0.15, 0.2) is 60.7 Å². The maximum absolute atomic E-state index is 13.3. The first kappa shape index (κ1) is 18.9. The van der Waals surface area contributed by atoms with Crippen molar-refractivity contribution in [3.63, 3.8) is 0 Å². The lowest BCUT2D eigenvalue weighted by Gasteiger charge is -2.37. The molecular weight excluding hydrogens is 410 g/mol. The molecule has 3 fully saturated rings. The maximum atomic E-state index is 13.3. The first-order valence-corrected chi connectivity index (χ1v) is 10.7. The molecule has 1 heterocycles. The van der Waals surface area contributed by atoms with Gasteiger partial charge < -0.3 is 5.32 Å². The predicted molar refractivity (Wildman–Crippen MR) is 115 cm³/mol. The van der Waals surface area contributed by atoms with E-state index in [1.54, 1.807) is 24.3 Å². The summed E-state index contributed by atoms with van der Waals surface area (Å²) >= 11 is 0. The third kappa shape index (κ3) is 2.65. The molecule has 1 saturated heterocycles. The number of rotatable bonds is 4. The van der Waals surface area contributed by atoms with Crippen LogP contribution in [0.5, 0.6) is 0 Å². The van der Waals surface area contributed by atoms with E-state index in [1.165, 1.54) is 29.2 Å². The molecule has 1 N–H and O–H groups in total. The highest BCUT2D eigenvalue weighted by Gasteiger charge is 2.67. The van der Waals surface area contributed by atoms with E-state index in [4.69, 9.17) is 0 Å². The Labute approximate surface area is 183 Å². The number of hydrogen-bond acceptors (Lipinski definition) is 5. The fraction of sp³-hybridized carbons (Fsp3) is 0.292. The minimum Gasteiger partial charge on any atom is -0.322 e. The quantitative estimate of drug-likeness (QED) is 0.347. The Hall–Kier alpha value is -3.81. The van der Waals surface area contributed by atoms with E-state index in [0.717, 1.165) is 6.42 Å².